The second-order valence-corrected chi connectivity index (χ2v) is 3.75. The molecule has 0 radical (unpaired) electrons. The molecule has 0 saturated heterocycles. The number of rotatable bonds is 4. The second-order valence-electron chi connectivity index (χ2n) is 2.93. The van der Waals surface area contributed by atoms with Gasteiger partial charge in [0, 0.05) is 5.02 Å². The molecule has 0 saturated carbocycles. The van der Waals surface area contributed by atoms with Crippen LogP contribution in [0.2, 0.25) is 10.0 Å². The molecule has 78 valence electrons. The molecule has 1 aromatic carbocycles. The van der Waals surface area contributed by atoms with E-state index in [0.29, 0.717) is 15.8 Å². The molecule has 1 rings (SSSR count). The summed E-state index contributed by atoms with van der Waals surface area (Å²) >= 11 is 11.9. The monoisotopic (exact) mass is 233 g/mol. The Hall–Kier alpha value is -0.440. The molecule has 14 heavy (non-hydrogen) atoms. The Labute approximate surface area is 94.2 Å². The number of benzene rings is 1. The summed E-state index contributed by atoms with van der Waals surface area (Å²) in [5.41, 5.74) is 1.04. The predicted molar refractivity (Wildman–Crippen MR) is 60.6 cm³/mol. The molecule has 0 aliphatic heterocycles. The van der Waals surface area contributed by atoms with Gasteiger partial charge in [0.25, 0.3) is 0 Å². The topological polar surface area (TPSA) is 21.3 Å². The Morgan fingerprint density at radius 3 is 2.57 bits per heavy atom. The van der Waals surface area contributed by atoms with Crippen LogP contribution in [-0.4, -0.2) is 20.7 Å². The van der Waals surface area contributed by atoms with E-state index in [4.69, 9.17) is 27.9 Å². The average molecular weight is 234 g/mol. The molecular formula is C10H13Cl2NO. The molecule has 0 aliphatic rings. The fourth-order valence-corrected chi connectivity index (χ4v) is 1.73. The number of likely N-dealkylation sites (N-methyl/N-ethyl adjacent to an activating group) is 1. The normalized spacial score (nSPS) is 10.3. The summed E-state index contributed by atoms with van der Waals surface area (Å²) in [4.78, 5) is 0. The van der Waals surface area contributed by atoms with Crippen LogP contribution in [0.3, 0.4) is 0 Å². The lowest BCUT2D eigenvalue weighted by Gasteiger charge is -2.08. The van der Waals surface area contributed by atoms with Crippen molar-refractivity contribution in [3.63, 3.8) is 0 Å². The zero-order valence-corrected chi connectivity index (χ0v) is 9.74. The zero-order chi connectivity index (χ0) is 10.6. The lowest BCUT2D eigenvalue weighted by Crippen LogP contribution is -2.10. The van der Waals surface area contributed by atoms with E-state index >= 15 is 0 Å². The SMILES string of the molecule is CNCCc1cc(OC)c(Cl)cc1Cl. The van der Waals surface area contributed by atoms with Crippen molar-refractivity contribution in [2.24, 2.45) is 0 Å². The highest BCUT2D eigenvalue weighted by Crippen LogP contribution is 2.30. The smallest absolute Gasteiger partial charge is 0.137 e. The third-order valence-corrected chi connectivity index (χ3v) is 2.61. The molecular weight excluding hydrogens is 221 g/mol. The van der Waals surface area contributed by atoms with Crippen molar-refractivity contribution in [3.05, 3.63) is 27.7 Å². The minimum atomic E-state index is 0.547. The van der Waals surface area contributed by atoms with Gasteiger partial charge < -0.3 is 10.1 Å². The maximum absolute atomic E-state index is 6.03. The molecule has 1 N–H and O–H groups in total. The minimum Gasteiger partial charge on any atom is -0.495 e. The molecule has 0 unspecified atom stereocenters. The maximum atomic E-state index is 6.03. The lowest BCUT2D eigenvalue weighted by atomic mass is 10.1. The van der Waals surface area contributed by atoms with Crippen LogP contribution in [0.5, 0.6) is 5.75 Å². The van der Waals surface area contributed by atoms with Gasteiger partial charge in [0.2, 0.25) is 0 Å². The van der Waals surface area contributed by atoms with E-state index in [1.807, 2.05) is 13.1 Å². The summed E-state index contributed by atoms with van der Waals surface area (Å²) in [6.45, 7) is 0.879. The molecule has 0 bridgehead atoms. The summed E-state index contributed by atoms with van der Waals surface area (Å²) in [6, 6.07) is 3.59. The molecule has 0 fully saturated rings. The van der Waals surface area contributed by atoms with Gasteiger partial charge >= 0.3 is 0 Å². The Kier molecular flexibility index (Phi) is 4.52. The summed E-state index contributed by atoms with van der Waals surface area (Å²) in [7, 11) is 3.50. The average Bonchev–Trinajstić information content (AvgIpc) is 2.17. The summed E-state index contributed by atoms with van der Waals surface area (Å²) in [5.74, 6) is 0.669. The third kappa shape index (κ3) is 2.77. The van der Waals surface area contributed by atoms with Crippen LogP contribution in [0.15, 0.2) is 12.1 Å². The van der Waals surface area contributed by atoms with Crippen LogP contribution >= 0.6 is 23.2 Å². The summed E-state index contributed by atoms with van der Waals surface area (Å²) in [6.07, 6.45) is 0.864. The van der Waals surface area contributed by atoms with Gasteiger partial charge in [0.1, 0.15) is 5.75 Å². The summed E-state index contributed by atoms with van der Waals surface area (Å²) in [5, 5.41) is 4.30. The van der Waals surface area contributed by atoms with Crippen molar-refractivity contribution in [1.82, 2.24) is 5.32 Å². The van der Waals surface area contributed by atoms with Crippen LogP contribution in [0.25, 0.3) is 0 Å². The van der Waals surface area contributed by atoms with Gasteiger partial charge in [-0.1, -0.05) is 23.2 Å². The van der Waals surface area contributed by atoms with Crippen molar-refractivity contribution in [3.8, 4) is 5.75 Å². The molecule has 0 amide bonds. The zero-order valence-electron chi connectivity index (χ0n) is 8.23. The van der Waals surface area contributed by atoms with Crippen LogP contribution < -0.4 is 10.1 Å². The maximum Gasteiger partial charge on any atom is 0.137 e. The highest BCUT2D eigenvalue weighted by Gasteiger charge is 2.06. The fourth-order valence-electron chi connectivity index (χ4n) is 1.18. The fraction of sp³-hybridized carbons (Fsp3) is 0.400. The van der Waals surface area contributed by atoms with E-state index in [1.165, 1.54) is 0 Å². The molecule has 0 heterocycles. The third-order valence-electron chi connectivity index (χ3n) is 1.97. The van der Waals surface area contributed by atoms with Gasteiger partial charge in [-0.2, -0.15) is 0 Å². The highest BCUT2D eigenvalue weighted by atomic mass is 35.5. The van der Waals surface area contributed by atoms with Crippen molar-refractivity contribution in [2.75, 3.05) is 20.7 Å². The Morgan fingerprint density at radius 1 is 1.29 bits per heavy atom. The van der Waals surface area contributed by atoms with E-state index < -0.39 is 0 Å². The van der Waals surface area contributed by atoms with Crippen LogP contribution in [0, 0.1) is 0 Å². The van der Waals surface area contributed by atoms with Gasteiger partial charge in [0.05, 0.1) is 12.1 Å². The number of nitrogens with one attached hydrogen (secondary N) is 1. The second kappa shape index (κ2) is 5.44. The molecule has 2 nitrogen and oxygen atoms in total. The van der Waals surface area contributed by atoms with E-state index in [9.17, 15) is 0 Å². The molecule has 0 aromatic heterocycles. The number of hydrogen-bond acceptors (Lipinski definition) is 2. The van der Waals surface area contributed by atoms with Crippen LogP contribution in [0.4, 0.5) is 0 Å². The number of methoxy groups -OCH3 is 1. The standard InChI is InChI=1S/C10H13Cl2NO/c1-13-4-3-7-5-10(14-2)9(12)6-8(7)11/h5-6,13H,3-4H2,1-2H3. The van der Waals surface area contributed by atoms with Gasteiger partial charge in [-0.3, -0.25) is 0 Å². The number of hydrogen-bond donors (Lipinski definition) is 1. The number of halogens is 2. The number of ether oxygens (including phenoxy) is 1. The molecule has 4 heteroatoms. The van der Waals surface area contributed by atoms with Gasteiger partial charge in [-0.05, 0) is 37.7 Å². The largest absolute Gasteiger partial charge is 0.495 e. The van der Waals surface area contributed by atoms with Crippen LogP contribution in [0.1, 0.15) is 5.56 Å². The van der Waals surface area contributed by atoms with Gasteiger partial charge in [0.15, 0.2) is 0 Å². The van der Waals surface area contributed by atoms with Crippen molar-refractivity contribution in [2.45, 2.75) is 6.42 Å². The van der Waals surface area contributed by atoms with Gasteiger partial charge in [-0.15, -0.1) is 0 Å². The first-order chi connectivity index (χ1) is 6.69. The first-order valence-corrected chi connectivity index (χ1v) is 5.11. The Bertz CT molecular complexity index is 315. The van der Waals surface area contributed by atoms with Crippen LogP contribution in [-0.2, 0) is 6.42 Å². The van der Waals surface area contributed by atoms with E-state index in [0.717, 1.165) is 18.5 Å². The lowest BCUT2D eigenvalue weighted by molar-refractivity contribution is 0.414. The van der Waals surface area contributed by atoms with Crippen molar-refractivity contribution in [1.29, 1.82) is 0 Å². The van der Waals surface area contributed by atoms with E-state index in [1.54, 1.807) is 13.2 Å². The van der Waals surface area contributed by atoms with Crippen molar-refractivity contribution >= 4 is 23.2 Å². The molecule has 1 aromatic rings. The quantitative estimate of drug-likeness (QED) is 0.864. The Morgan fingerprint density at radius 2 is 2.00 bits per heavy atom. The first kappa shape index (κ1) is 11.6. The minimum absolute atomic E-state index is 0.547. The predicted octanol–water partition coefficient (Wildman–Crippen LogP) is 2.76. The molecule has 0 atom stereocenters. The van der Waals surface area contributed by atoms with Crippen molar-refractivity contribution < 1.29 is 4.74 Å². The molecule has 0 aliphatic carbocycles. The highest BCUT2D eigenvalue weighted by molar-refractivity contribution is 6.36. The first-order valence-electron chi connectivity index (χ1n) is 4.35. The molecule has 0 spiro atoms. The summed E-state index contributed by atoms with van der Waals surface area (Å²) < 4.78 is 5.11. The Balaban J connectivity index is 2.92. The van der Waals surface area contributed by atoms with E-state index in [2.05, 4.69) is 5.32 Å². The van der Waals surface area contributed by atoms with E-state index in [-0.39, 0.29) is 0 Å². The van der Waals surface area contributed by atoms with Gasteiger partial charge in [-0.25, -0.2) is 0 Å².